The highest BCUT2D eigenvalue weighted by Crippen LogP contribution is 2.36. The van der Waals surface area contributed by atoms with Crippen molar-refractivity contribution < 1.29 is 32.0 Å². The number of fused-ring (bicyclic) bond motifs is 2. The van der Waals surface area contributed by atoms with E-state index in [4.69, 9.17) is 14.0 Å². The summed E-state index contributed by atoms with van der Waals surface area (Å²) in [5.41, 5.74) is 2.61. The third-order valence-corrected chi connectivity index (χ3v) is 8.52. The van der Waals surface area contributed by atoms with Crippen molar-refractivity contribution in [1.29, 1.82) is 0 Å². The maximum atomic E-state index is 13.5. The lowest BCUT2D eigenvalue weighted by Gasteiger charge is -2.26. The van der Waals surface area contributed by atoms with Gasteiger partial charge in [0, 0.05) is 44.6 Å². The lowest BCUT2D eigenvalue weighted by atomic mass is 10.1. The fraction of sp³-hybridized carbons (Fsp3) is 0.320. The van der Waals surface area contributed by atoms with Gasteiger partial charge in [0.15, 0.2) is 23.1 Å². The number of rotatable bonds is 5. The van der Waals surface area contributed by atoms with Gasteiger partial charge < -0.3 is 24.2 Å². The molecule has 0 bridgehead atoms. The fourth-order valence-electron chi connectivity index (χ4n) is 4.95. The first-order valence-corrected chi connectivity index (χ1v) is 13.2. The van der Waals surface area contributed by atoms with Crippen molar-refractivity contribution in [2.24, 2.45) is 0 Å². The molecule has 1 aromatic heterocycles. The van der Waals surface area contributed by atoms with E-state index < -0.39 is 16.1 Å². The largest absolute Gasteiger partial charge is 0.486 e. The molecule has 0 spiro atoms. The number of aromatic nitrogens is 1. The van der Waals surface area contributed by atoms with Crippen LogP contribution in [0.5, 0.6) is 11.5 Å². The third-order valence-electron chi connectivity index (χ3n) is 6.73. The van der Waals surface area contributed by atoms with Crippen molar-refractivity contribution in [3.63, 3.8) is 0 Å². The highest BCUT2D eigenvalue weighted by molar-refractivity contribution is 7.89. The molecular weight excluding hydrogens is 500 g/mol. The molecule has 0 fully saturated rings. The van der Waals surface area contributed by atoms with Crippen LogP contribution in [0.1, 0.15) is 18.7 Å². The molecule has 1 unspecified atom stereocenters. The smallest absolute Gasteiger partial charge is 0.252 e. The topological polar surface area (TPSA) is 131 Å². The van der Waals surface area contributed by atoms with Crippen LogP contribution in [0.4, 0.5) is 0 Å². The van der Waals surface area contributed by atoms with E-state index in [1.807, 2.05) is 0 Å². The Bertz CT molecular complexity index is 1540. The van der Waals surface area contributed by atoms with Crippen molar-refractivity contribution >= 4 is 32.8 Å². The highest BCUT2D eigenvalue weighted by Gasteiger charge is 2.40. The predicted molar refractivity (Wildman–Crippen MR) is 130 cm³/mol. The van der Waals surface area contributed by atoms with E-state index in [1.165, 1.54) is 23.4 Å². The summed E-state index contributed by atoms with van der Waals surface area (Å²) in [6.45, 7) is 3.04. The summed E-state index contributed by atoms with van der Waals surface area (Å²) in [6.07, 6.45) is 0. The molecule has 12 heteroatoms. The number of ether oxygens (including phenoxy) is 2. The summed E-state index contributed by atoms with van der Waals surface area (Å²) < 4.78 is 44.5. The van der Waals surface area contributed by atoms with Crippen molar-refractivity contribution in [3.05, 3.63) is 59.3 Å². The van der Waals surface area contributed by atoms with E-state index in [2.05, 4.69) is 10.5 Å². The van der Waals surface area contributed by atoms with Crippen LogP contribution in [0.2, 0.25) is 0 Å². The first kappa shape index (κ1) is 23.5. The van der Waals surface area contributed by atoms with Crippen LogP contribution in [-0.2, 0) is 19.6 Å². The standard InChI is InChI=1S/C25H24N4O7S/c1-15(30)26-24(23-19-4-2-3-5-20(19)36-27-23)25(31)28-11-16-13-29(14-17(16)12-28)37(32,33)18-6-7-21-22(10-18)35-9-8-34-21/h2-7,10,24H,8-9,11-14H2,1H3,(H,26,30). The Hall–Kier alpha value is -3.90. The van der Waals surface area contributed by atoms with Crippen LogP contribution in [0.25, 0.3) is 11.0 Å². The van der Waals surface area contributed by atoms with Crippen LogP contribution < -0.4 is 14.8 Å². The normalized spacial score (nSPS) is 18.2. The fourth-order valence-corrected chi connectivity index (χ4v) is 6.40. The molecule has 11 nitrogen and oxygen atoms in total. The minimum Gasteiger partial charge on any atom is -0.486 e. The van der Waals surface area contributed by atoms with Gasteiger partial charge >= 0.3 is 0 Å². The van der Waals surface area contributed by atoms with Gasteiger partial charge in [-0.1, -0.05) is 17.3 Å². The summed E-state index contributed by atoms with van der Waals surface area (Å²) in [5.74, 6) is 0.231. The lowest BCUT2D eigenvalue weighted by Crippen LogP contribution is -2.43. The zero-order valence-corrected chi connectivity index (χ0v) is 20.8. The number of nitrogens with zero attached hydrogens (tertiary/aromatic N) is 3. The summed E-state index contributed by atoms with van der Waals surface area (Å²) in [5, 5.41) is 7.41. The minimum atomic E-state index is -3.77. The maximum absolute atomic E-state index is 13.5. The average Bonchev–Trinajstić information content (AvgIpc) is 3.60. The number of hydrogen-bond donors (Lipinski definition) is 1. The molecular formula is C25H24N4O7S. The van der Waals surface area contributed by atoms with E-state index in [9.17, 15) is 18.0 Å². The van der Waals surface area contributed by atoms with Crippen molar-refractivity contribution in [2.75, 3.05) is 39.4 Å². The Morgan fingerprint density at radius 2 is 1.68 bits per heavy atom. The predicted octanol–water partition coefficient (Wildman–Crippen LogP) is 1.62. The number of sulfonamides is 1. The number of nitrogens with one attached hydrogen (secondary N) is 1. The zero-order chi connectivity index (χ0) is 25.7. The second kappa shape index (κ2) is 8.89. The van der Waals surface area contributed by atoms with E-state index in [-0.39, 0.29) is 42.9 Å². The van der Waals surface area contributed by atoms with Crippen LogP contribution in [0, 0.1) is 0 Å². The molecule has 3 aliphatic rings. The van der Waals surface area contributed by atoms with Gasteiger partial charge in [0.05, 0.1) is 4.90 Å². The Balaban J connectivity index is 1.18. The van der Waals surface area contributed by atoms with Gasteiger partial charge in [-0.15, -0.1) is 0 Å². The molecule has 0 aliphatic carbocycles. The molecule has 0 saturated heterocycles. The van der Waals surface area contributed by atoms with E-state index in [0.29, 0.717) is 41.4 Å². The SMILES string of the molecule is CC(=O)NC(C(=O)N1CC2=C(C1)CN(S(=O)(=O)c1ccc3c(c1)OCCO3)C2)c1noc2ccccc12. The van der Waals surface area contributed by atoms with E-state index >= 15 is 0 Å². The minimum absolute atomic E-state index is 0.134. The quantitative estimate of drug-likeness (QED) is 0.498. The second-order valence-electron chi connectivity index (χ2n) is 9.18. The van der Waals surface area contributed by atoms with E-state index in [0.717, 1.165) is 11.1 Å². The van der Waals surface area contributed by atoms with Gasteiger partial charge in [-0.3, -0.25) is 9.59 Å². The molecule has 3 aliphatic heterocycles. The molecule has 1 atom stereocenters. The second-order valence-corrected chi connectivity index (χ2v) is 11.1. The summed E-state index contributed by atoms with van der Waals surface area (Å²) in [4.78, 5) is 27.2. The van der Waals surface area contributed by atoms with Gasteiger partial charge in [-0.05, 0) is 35.4 Å². The molecule has 0 saturated carbocycles. The molecule has 2 aromatic carbocycles. The molecule has 2 amide bonds. The number of hydrogen-bond acceptors (Lipinski definition) is 8. The number of benzene rings is 2. The average molecular weight is 525 g/mol. The third kappa shape index (κ3) is 4.11. The summed E-state index contributed by atoms with van der Waals surface area (Å²) >= 11 is 0. The Morgan fingerprint density at radius 1 is 0.973 bits per heavy atom. The molecule has 1 N–H and O–H groups in total. The molecule has 192 valence electrons. The molecule has 6 rings (SSSR count). The van der Waals surface area contributed by atoms with Crippen molar-refractivity contribution in [2.45, 2.75) is 17.9 Å². The van der Waals surface area contributed by atoms with Crippen molar-refractivity contribution in [3.8, 4) is 11.5 Å². The molecule has 4 heterocycles. The van der Waals surface area contributed by atoms with E-state index in [1.54, 1.807) is 35.2 Å². The summed E-state index contributed by atoms with van der Waals surface area (Å²) in [6, 6.07) is 10.7. The Labute approximate surface area is 212 Å². The lowest BCUT2D eigenvalue weighted by molar-refractivity contribution is -0.135. The molecule has 0 radical (unpaired) electrons. The first-order valence-electron chi connectivity index (χ1n) is 11.8. The van der Waals surface area contributed by atoms with Crippen LogP contribution in [0.15, 0.2) is 63.0 Å². The van der Waals surface area contributed by atoms with Crippen LogP contribution in [0.3, 0.4) is 0 Å². The maximum Gasteiger partial charge on any atom is 0.252 e. The van der Waals surface area contributed by atoms with Crippen LogP contribution in [-0.4, -0.2) is 74.0 Å². The number of carbonyl (C=O) groups excluding carboxylic acids is 2. The highest BCUT2D eigenvalue weighted by atomic mass is 32.2. The van der Waals surface area contributed by atoms with Gasteiger partial charge in [-0.2, -0.15) is 4.31 Å². The van der Waals surface area contributed by atoms with Gasteiger partial charge in [-0.25, -0.2) is 8.42 Å². The molecule has 3 aromatic rings. The zero-order valence-electron chi connectivity index (χ0n) is 20.0. The summed E-state index contributed by atoms with van der Waals surface area (Å²) in [7, 11) is -3.77. The van der Waals surface area contributed by atoms with Gasteiger partial charge in [0.2, 0.25) is 15.9 Å². The first-order chi connectivity index (χ1) is 17.8. The number of carbonyl (C=O) groups is 2. The number of amides is 2. The Kier molecular flexibility index (Phi) is 5.64. The van der Waals surface area contributed by atoms with Crippen molar-refractivity contribution in [1.82, 2.24) is 19.7 Å². The van der Waals surface area contributed by atoms with Gasteiger partial charge in [0.25, 0.3) is 5.91 Å². The number of para-hydroxylation sites is 1. The monoisotopic (exact) mass is 524 g/mol. The Morgan fingerprint density at radius 3 is 2.41 bits per heavy atom. The van der Waals surface area contributed by atoms with Gasteiger partial charge in [0.1, 0.15) is 18.9 Å². The molecule has 37 heavy (non-hydrogen) atoms. The van der Waals surface area contributed by atoms with Crippen LogP contribution >= 0.6 is 0 Å².